The molecule has 332 valence electrons. The Labute approximate surface area is 410 Å². The van der Waals surface area contributed by atoms with Gasteiger partial charge in [0.1, 0.15) is 11.2 Å². The van der Waals surface area contributed by atoms with Gasteiger partial charge in [0.25, 0.3) is 0 Å². The van der Waals surface area contributed by atoms with E-state index in [4.69, 9.17) is 29.3 Å². The van der Waals surface area contributed by atoms with Gasteiger partial charge in [0.2, 0.25) is 0 Å². The normalized spacial score (nSPS) is 11.4. The molecule has 0 aliphatic heterocycles. The first-order chi connectivity index (χ1) is 35.1. The first kappa shape index (κ1) is 41.5. The van der Waals surface area contributed by atoms with Gasteiger partial charge in [-0.3, -0.25) is 0 Å². The van der Waals surface area contributed by atoms with Crippen LogP contribution < -0.4 is 0 Å². The molecule has 4 aromatic heterocycles. The smallest absolute Gasteiger partial charge is 0.160 e. The first-order valence-corrected chi connectivity index (χ1v) is 23.7. The lowest BCUT2D eigenvalue weighted by Crippen LogP contribution is -1.99. The minimum Gasteiger partial charge on any atom is -0.455 e. The number of hydrogen-bond donors (Lipinski definition) is 0. The van der Waals surface area contributed by atoms with Crippen molar-refractivity contribution in [2.24, 2.45) is 0 Å². The van der Waals surface area contributed by atoms with Crippen molar-refractivity contribution in [1.29, 1.82) is 0 Å². The van der Waals surface area contributed by atoms with Crippen molar-refractivity contribution in [1.82, 2.24) is 24.9 Å². The van der Waals surface area contributed by atoms with E-state index in [-0.39, 0.29) is 0 Å². The highest BCUT2D eigenvalue weighted by Gasteiger charge is 2.21. The van der Waals surface area contributed by atoms with Crippen LogP contribution in [0.4, 0.5) is 0 Å². The number of furan rings is 1. The van der Waals surface area contributed by atoms with E-state index >= 15 is 0 Å². The fourth-order valence-corrected chi connectivity index (χ4v) is 9.53. The van der Waals surface area contributed by atoms with Crippen LogP contribution in [0.5, 0.6) is 0 Å². The third-order valence-corrected chi connectivity index (χ3v) is 13.1. The lowest BCUT2D eigenvalue weighted by atomic mass is 9.95. The topological polar surface area (TPSA) is 77.6 Å². The Morgan fingerprint density at radius 2 is 0.620 bits per heavy atom. The van der Waals surface area contributed by atoms with Crippen LogP contribution in [-0.4, -0.2) is 24.9 Å². The summed E-state index contributed by atoms with van der Waals surface area (Å²) in [5, 5.41) is 2.89. The molecule has 71 heavy (non-hydrogen) atoms. The predicted octanol–water partition coefficient (Wildman–Crippen LogP) is 16.7. The Bertz CT molecular complexity index is 3880. The fraction of sp³-hybridized carbons (Fsp3) is 0. The monoisotopic (exact) mass is 907 g/mol. The maximum atomic E-state index is 6.71. The summed E-state index contributed by atoms with van der Waals surface area (Å²) < 4.78 is 6.71. The lowest BCUT2D eigenvalue weighted by molar-refractivity contribution is 0.672. The van der Waals surface area contributed by atoms with Crippen LogP contribution in [0.1, 0.15) is 0 Å². The average Bonchev–Trinajstić information content (AvgIpc) is 3.86. The van der Waals surface area contributed by atoms with Crippen molar-refractivity contribution in [3.05, 3.63) is 249 Å². The maximum Gasteiger partial charge on any atom is 0.160 e. The highest BCUT2D eigenvalue weighted by Crippen LogP contribution is 2.42. The minimum absolute atomic E-state index is 0.624. The van der Waals surface area contributed by atoms with Gasteiger partial charge in [0.15, 0.2) is 11.6 Å². The standard InChI is InChI=1S/C65H41N5O/c1-5-17-42(18-6-1)44-29-33-46(34-30-44)56-40-58(69-64(67-56)48-21-9-3-10-22-48)50-37-51(39-52(38-50)62-61-54-26-14-16-28-60(54)71-63(61)53-25-13-15-27-55(53)66-62)59-41-57(68-65(70-59)49-23-11-4-12-24-49)47-35-31-45(32-36-47)43-19-7-2-8-20-43/h1-41H. The highest BCUT2D eigenvalue weighted by molar-refractivity contribution is 6.19. The van der Waals surface area contributed by atoms with E-state index in [9.17, 15) is 0 Å². The number of para-hydroxylation sites is 2. The van der Waals surface area contributed by atoms with E-state index in [2.05, 4.69) is 170 Å². The third-order valence-electron chi connectivity index (χ3n) is 13.1. The molecule has 13 rings (SSSR count). The molecule has 0 aliphatic carbocycles. The number of fused-ring (bicyclic) bond motifs is 5. The Balaban J connectivity index is 1.05. The molecule has 0 saturated heterocycles. The van der Waals surface area contributed by atoms with Crippen molar-refractivity contribution in [2.75, 3.05) is 0 Å². The zero-order chi connectivity index (χ0) is 47.1. The van der Waals surface area contributed by atoms with E-state index in [0.717, 1.165) is 123 Å². The Hall–Kier alpha value is -9.65. The van der Waals surface area contributed by atoms with Gasteiger partial charge in [0, 0.05) is 49.7 Å². The molecule has 9 aromatic carbocycles. The largest absolute Gasteiger partial charge is 0.455 e. The van der Waals surface area contributed by atoms with Crippen molar-refractivity contribution in [3.63, 3.8) is 0 Å². The van der Waals surface area contributed by atoms with Crippen LogP contribution in [-0.2, 0) is 0 Å². The second kappa shape index (κ2) is 17.8. The first-order valence-electron chi connectivity index (χ1n) is 23.7. The molecule has 6 nitrogen and oxygen atoms in total. The second-order valence-corrected chi connectivity index (χ2v) is 17.6. The molecule has 0 aliphatic rings. The van der Waals surface area contributed by atoms with Gasteiger partial charge in [0.05, 0.1) is 39.4 Å². The van der Waals surface area contributed by atoms with Gasteiger partial charge < -0.3 is 4.42 Å². The Kier molecular flexibility index (Phi) is 10.4. The van der Waals surface area contributed by atoms with E-state index in [1.165, 1.54) is 0 Å². The summed E-state index contributed by atoms with van der Waals surface area (Å²) in [6.45, 7) is 0. The summed E-state index contributed by atoms with van der Waals surface area (Å²) in [5.41, 5.74) is 17.4. The van der Waals surface area contributed by atoms with Gasteiger partial charge in [-0.2, -0.15) is 0 Å². The molecule has 0 amide bonds. The number of rotatable bonds is 9. The SMILES string of the molecule is c1ccc(-c2ccc(-c3cc(-c4cc(-c5cc(-c6ccc(-c7ccccc7)cc6)nc(-c6ccccc6)n5)cc(-c5nc6ccccc6c6oc7ccccc7c56)c4)nc(-c4ccccc4)n3)cc2)cc1. The molecule has 0 atom stereocenters. The van der Waals surface area contributed by atoms with E-state index in [1.54, 1.807) is 0 Å². The lowest BCUT2D eigenvalue weighted by Gasteiger charge is -2.15. The summed E-state index contributed by atoms with van der Waals surface area (Å²) >= 11 is 0. The maximum absolute atomic E-state index is 6.71. The molecule has 0 radical (unpaired) electrons. The summed E-state index contributed by atoms with van der Waals surface area (Å²) in [6, 6.07) is 85.6. The number of hydrogen-bond acceptors (Lipinski definition) is 6. The Morgan fingerprint density at radius 1 is 0.254 bits per heavy atom. The van der Waals surface area contributed by atoms with Gasteiger partial charge >= 0.3 is 0 Å². The summed E-state index contributed by atoms with van der Waals surface area (Å²) in [4.78, 5) is 26.7. The fourth-order valence-electron chi connectivity index (χ4n) is 9.53. The molecule has 0 saturated carbocycles. The molecule has 0 fully saturated rings. The molecule has 0 unspecified atom stereocenters. The van der Waals surface area contributed by atoms with Crippen LogP contribution in [0, 0.1) is 0 Å². The van der Waals surface area contributed by atoms with Crippen molar-refractivity contribution in [3.8, 4) is 101 Å². The molecule has 4 heterocycles. The minimum atomic E-state index is 0.624. The van der Waals surface area contributed by atoms with Crippen LogP contribution in [0.15, 0.2) is 253 Å². The quantitative estimate of drug-likeness (QED) is 0.144. The predicted molar refractivity (Wildman–Crippen MR) is 289 cm³/mol. The number of aromatic nitrogens is 5. The molecular weight excluding hydrogens is 867 g/mol. The average molecular weight is 908 g/mol. The zero-order valence-corrected chi connectivity index (χ0v) is 38.3. The number of nitrogens with zero attached hydrogens (tertiary/aromatic N) is 5. The third kappa shape index (κ3) is 7.99. The number of benzene rings is 9. The van der Waals surface area contributed by atoms with Crippen molar-refractivity contribution < 1.29 is 4.42 Å². The van der Waals surface area contributed by atoms with Crippen LogP contribution in [0.2, 0.25) is 0 Å². The van der Waals surface area contributed by atoms with E-state index in [1.807, 2.05) is 78.9 Å². The van der Waals surface area contributed by atoms with Gasteiger partial charge in [-0.15, -0.1) is 0 Å². The summed E-state index contributed by atoms with van der Waals surface area (Å²) in [6.07, 6.45) is 0. The second-order valence-electron chi connectivity index (χ2n) is 17.6. The van der Waals surface area contributed by atoms with Crippen LogP contribution in [0.25, 0.3) is 134 Å². The van der Waals surface area contributed by atoms with Crippen molar-refractivity contribution in [2.45, 2.75) is 0 Å². The summed E-state index contributed by atoms with van der Waals surface area (Å²) in [5.74, 6) is 1.25. The van der Waals surface area contributed by atoms with Gasteiger partial charge in [-0.25, -0.2) is 24.9 Å². The molecule has 13 aromatic rings. The van der Waals surface area contributed by atoms with E-state index < -0.39 is 0 Å². The zero-order valence-electron chi connectivity index (χ0n) is 38.3. The highest BCUT2D eigenvalue weighted by atomic mass is 16.3. The number of pyridine rings is 1. The molecule has 6 heteroatoms. The van der Waals surface area contributed by atoms with E-state index in [0.29, 0.717) is 11.6 Å². The summed E-state index contributed by atoms with van der Waals surface area (Å²) in [7, 11) is 0. The molecular formula is C65H41N5O. The Morgan fingerprint density at radius 3 is 1.11 bits per heavy atom. The van der Waals surface area contributed by atoms with Gasteiger partial charge in [-0.05, 0) is 70.8 Å². The van der Waals surface area contributed by atoms with Crippen molar-refractivity contribution >= 4 is 32.8 Å². The molecule has 0 spiro atoms. The molecule has 0 N–H and O–H groups in total. The molecule has 0 bridgehead atoms. The van der Waals surface area contributed by atoms with Crippen LogP contribution in [0.3, 0.4) is 0 Å². The van der Waals surface area contributed by atoms with Crippen LogP contribution >= 0.6 is 0 Å². The van der Waals surface area contributed by atoms with Gasteiger partial charge in [-0.1, -0.05) is 200 Å².